The van der Waals surface area contributed by atoms with E-state index >= 15 is 4.39 Å². The lowest BCUT2D eigenvalue weighted by Crippen LogP contribution is -2.47. The molecule has 1 amide bonds. The maximum Gasteiger partial charge on any atom is 0.257 e. The highest BCUT2D eigenvalue weighted by Gasteiger charge is 2.44. The van der Waals surface area contributed by atoms with E-state index in [4.69, 9.17) is 5.73 Å². The number of halogens is 1. The Kier molecular flexibility index (Phi) is 5.09. The number of likely N-dealkylation sites (tertiary alicyclic amines) is 2. The fourth-order valence-corrected chi connectivity index (χ4v) is 4.87. The Labute approximate surface area is 186 Å². The number of pyridine rings is 1. The quantitative estimate of drug-likeness (QED) is 0.682. The van der Waals surface area contributed by atoms with Gasteiger partial charge in [-0.3, -0.25) is 9.69 Å². The summed E-state index contributed by atoms with van der Waals surface area (Å²) in [5.41, 5.74) is 9.47. The Morgan fingerprint density at radius 2 is 1.94 bits per heavy atom. The summed E-state index contributed by atoms with van der Waals surface area (Å²) < 4.78 is 15.2. The SMILES string of the molecule is CCc1ncnc(-c2ccc(C(=O)N3C[C@H]4C[C@@H]3CN4C)c(F)c2)c1-c1ccc(N)nc1. The zero-order chi connectivity index (χ0) is 22.4. The van der Waals surface area contributed by atoms with Crippen LogP contribution in [0.1, 0.15) is 29.4 Å². The molecule has 2 saturated heterocycles. The minimum Gasteiger partial charge on any atom is -0.384 e. The molecule has 2 aliphatic heterocycles. The van der Waals surface area contributed by atoms with E-state index in [9.17, 15) is 4.79 Å². The molecule has 1 aromatic carbocycles. The number of piperazine rings is 1. The van der Waals surface area contributed by atoms with Crippen LogP contribution in [0.4, 0.5) is 10.2 Å². The average molecular weight is 433 g/mol. The first-order chi connectivity index (χ1) is 15.5. The molecule has 2 atom stereocenters. The van der Waals surface area contributed by atoms with Gasteiger partial charge in [0.1, 0.15) is 18.0 Å². The summed E-state index contributed by atoms with van der Waals surface area (Å²) in [6.07, 6.45) is 4.79. The van der Waals surface area contributed by atoms with E-state index < -0.39 is 5.82 Å². The van der Waals surface area contributed by atoms with Gasteiger partial charge in [-0.1, -0.05) is 13.0 Å². The van der Waals surface area contributed by atoms with Crippen LogP contribution in [0.15, 0.2) is 42.9 Å². The van der Waals surface area contributed by atoms with Gasteiger partial charge in [0.05, 0.1) is 17.0 Å². The second-order valence-corrected chi connectivity index (χ2v) is 8.50. The van der Waals surface area contributed by atoms with Crippen LogP contribution in [0, 0.1) is 5.82 Å². The van der Waals surface area contributed by atoms with Gasteiger partial charge in [0, 0.05) is 48.1 Å². The van der Waals surface area contributed by atoms with E-state index in [1.54, 1.807) is 24.4 Å². The molecule has 2 aromatic heterocycles. The van der Waals surface area contributed by atoms with Crippen LogP contribution in [0.25, 0.3) is 22.4 Å². The monoisotopic (exact) mass is 432 g/mol. The second-order valence-electron chi connectivity index (χ2n) is 8.50. The maximum absolute atomic E-state index is 15.2. The number of carbonyl (C=O) groups excluding carboxylic acids is 1. The van der Waals surface area contributed by atoms with Crippen LogP contribution in [0.3, 0.4) is 0 Å². The molecule has 2 fully saturated rings. The number of likely N-dealkylation sites (N-methyl/N-ethyl adjacent to an activating group) is 1. The average Bonchev–Trinajstić information content (AvgIpc) is 3.38. The van der Waals surface area contributed by atoms with Gasteiger partial charge in [-0.25, -0.2) is 19.3 Å². The molecule has 8 heteroatoms. The minimum absolute atomic E-state index is 0.101. The van der Waals surface area contributed by atoms with Crippen molar-refractivity contribution >= 4 is 11.7 Å². The molecule has 4 heterocycles. The standard InChI is InChI=1S/C24H25FN6O/c1-3-20-22(15-5-7-21(26)27-10-15)23(29-13-28-20)14-4-6-18(19(25)8-14)24(32)31-12-16-9-17(31)11-30(16)2/h4-8,10,13,16-17H,3,9,11-12H2,1-2H3,(H2,26,27)/t16-,17-/m1/s1. The van der Waals surface area contributed by atoms with Crippen molar-refractivity contribution in [1.82, 2.24) is 24.8 Å². The van der Waals surface area contributed by atoms with Crippen molar-refractivity contribution in [3.8, 4) is 22.4 Å². The first-order valence-corrected chi connectivity index (χ1v) is 10.8. The number of carbonyl (C=O) groups is 1. The molecule has 32 heavy (non-hydrogen) atoms. The Morgan fingerprint density at radius 3 is 2.56 bits per heavy atom. The Balaban J connectivity index is 1.51. The molecule has 0 saturated carbocycles. The number of anilines is 1. The molecule has 2 aliphatic rings. The van der Waals surface area contributed by atoms with Crippen LogP contribution in [0.2, 0.25) is 0 Å². The van der Waals surface area contributed by atoms with Gasteiger partial charge in [-0.15, -0.1) is 0 Å². The van der Waals surface area contributed by atoms with Gasteiger partial charge in [0.15, 0.2) is 0 Å². The Bertz CT molecular complexity index is 1180. The van der Waals surface area contributed by atoms with Crippen LogP contribution in [-0.4, -0.2) is 62.9 Å². The first kappa shape index (κ1) is 20.5. The van der Waals surface area contributed by atoms with Crippen LogP contribution in [-0.2, 0) is 6.42 Å². The van der Waals surface area contributed by atoms with Crippen molar-refractivity contribution < 1.29 is 9.18 Å². The highest BCUT2D eigenvalue weighted by molar-refractivity contribution is 5.96. The molecule has 2 bridgehead atoms. The number of nitrogen functional groups attached to an aromatic ring is 1. The number of aromatic nitrogens is 3. The maximum atomic E-state index is 15.2. The van der Waals surface area contributed by atoms with E-state index in [2.05, 4.69) is 26.9 Å². The number of nitrogens with two attached hydrogens (primary N) is 1. The minimum atomic E-state index is -0.540. The molecule has 0 aliphatic carbocycles. The van der Waals surface area contributed by atoms with E-state index in [-0.39, 0.29) is 17.5 Å². The lowest BCUT2D eigenvalue weighted by Gasteiger charge is -2.32. The molecule has 0 radical (unpaired) electrons. The number of rotatable bonds is 4. The molecule has 2 N–H and O–H groups in total. The number of hydrogen-bond acceptors (Lipinski definition) is 6. The normalized spacial score (nSPS) is 20.2. The number of amides is 1. The van der Waals surface area contributed by atoms with Gasteiger partial charge in [-0.05, 0) is 44.2 Å². The predicted molar refractivity (Wildman–Crippen MR) is 120 cm³/mol. The number of hydrogen-bond donors (Lipinski definition) is 1. The third-order valence-electron chi connectivity index (χ3n) is 6.58. The smallest absolute Gasteiger partial charge is 0.257 e. The van der Waals surface area contributed by atoms with Crippen LogP contribution >= 0.6 is 0 Å². The molecule has 0 unspecified atom stereocenters. The molecular formula is C24H25FN6O. The zero-order valence-corrected chi connectivity index (χ0v) is 18.1. The van der Waals surface area contributed by atoms with Gasteiger partial charge in [0.2, 0.25) is 0 Å². The van der Waals surface area contributed by atoms with Crippen molar-refractivity contribution in [3.63, 3.8) is 0 Å². The molecular weight excluding hydrogens is 407 g/mol. The highest BCUT2D eigenvalue weighted by atomic mass is 19.1. The van der Waals surface area contributed by atoms with Gasteiger partial charge < -0.3 is 10.6 Å². The Morgan fingerprint density at radius 1 is 1.12 bits per heavy atom. The van der Waals surface area contributed by atoms with Crippen molar-refractivity contribution in [2.75, 3.05) is 25.9 Å². The second kappa shape index (κ2) is 7.94. The van der Waals surface area contributed by atoms with Crippen LogP contribution in [0.5, 0.6) is 0 Å². The zero-order valence-electron chi connectivity index (χ0n) is 18.1. The molecule has 7 nitrogen and oxygen atoms in total. The fraction of sp³-hybridized carbons (Fsp3) is 0.333. The number of aryl methyl sites for hydroxylation is 1. The molecule has 5 rings (SSSR count). The lowest BCUT2D eigenvalue weighted by atomic mass is 9.96. The topological polar surface area (TPSA) is 88.2 Å². The van der Waals surface area contributed by atoms with E-state index in [1.165, 1.54) is 12.4 Å². The Hall–Kier alpha value is -3.39. The number of nitrogens with zero attached hydrogens (tertiary/aromatic N) is 5. The fourth-order valence-electron chi connectivity index (χ4n) is 4.87. The molecule has 164 valence electrons. The first-order valence-electron chi connectivity index (χ1n) is 10.8. The van der Waals surface area contributed by atoms with Gasteiger partial charge in [-0.2, -0.15) is 0 Å². The third kappa shape index (κ3) is 3.40. The number of benzene rings is 1. The van der Waals surface area contributed by atoms with E-state index in [0.717, 1.165) is 29.8 Å². The summed E-state index contributed by atoms with van der Waals surface area (Å²) in [5.74, 6) is -0.364. The van der Waals surface area contributed by atoms with Gasteiger partial charge in [0.25, 0.3) is 5.91 Å². The van der Waals surface area contributed by atoms with Crippen molar-refractivity contribution in [2.24, 2.45) is 0 Å². The van der Waals surface area contributed by atoms with Crippen LogP contribution < -0.4 is 5.73 Å². The van der Waals surface area contributed by atoms with Crippen molar-refractivity contribution in [2.45, 2.75) is 31.8 Å². The van der Waals surface area contributed by atoms with Crippen molar-refractivity contribution in [1.29, 1.82) is 0 Å². The molecule has 0 spiro atoms. The lowest BCUT2D eigenvalue weighted by molar-refractivity contribution is 0.0646. The molecule has 3 aromatic rings. The summed E-state index contributed by atoms with van der Waals surface area (Å²) in [7, 11) is 2.07. The summed E-state index contributed by atoms with van der Waals surface area (Å²) in [6.45, 7) is 3.50. The van der Waals surface area contributed by atoms with E-state index in [1.807, 2.05) is 17.9 Å². The van der Waals surface area contributed by atoms with Crippen molar-refractivity contribution in [3.05, 3.63) is 59.9 Å². The van der Waals surface area contributed by atoms with Gasteiger partial charge >= 0.3 is 0 Å². The van der Waals surface area contributed by atoms with E-state index in [0.29, 0.717) is 36.1 Å². The highest BCUT2D eigenvalue weighted by Crippen LogP contribution is 2.35. The summed E-state index contributed by atoms with van der Waals surface area (Å²) in [5, 5.41) is 0. The summed E-state index contributed by atoms with van der Waals surface area (Å²) in [6, 6.07) is 8.83. The number of fused-ring (bicyclic) bond motifs is 2. The third-order valence-corrected chi connectivity index (χ3v) is 6.58. The predicted octanol–water partition coefficient (Wildman–Crippen LogP) is 3.02. The summed E-state index contributed by atoms with van der Waals surface area (Å²) in [4.78, 5) is 30.2. The summed E-state index contributed by atoms with van der Waals surface area (Å²) >= 11 is 0. The largest absolute Gasteiger partial charge is 0.384 e.